The van der Waals surface area contributed by atoms with Gasteiger partial charge in [-0.3, -0.25) is 0 Å². The number of methoxy groups -OCH3 is 1. The van der Waals surface area contributed by atoms with Crippen LogP contribution in [0.2, 0.25) is 0 Å². The molecule has 0 N–H and O–H groups in total. The second-order valence-corrected chi connectivity index (χ2v) is 7.97. The minimum atomic E-state index is -3.46. The van der Waals surface area contributed by atoms with Gasteiger partial charge in [0.15, 0.2) is 0 Å². The molecule has 1 aliphatic rings. The highest BCUT2D eigenvalue weighted by Gasteiger charge is 2.35. The SMILES string of the molecule is COc1ccc(S(=O)(=O)N2CC(C)C(C)C2)c(CCCl)c1. The number of sulfonamides is 1. The van der Waals surface area contributed by atoms with Crippen molar-refractivity contribution >= 4 is 21.6 Å². The molecule has 1 heterocycles. The third kappa shape index (κ3) is 3.35. The number of alkyl halides is 1. The van der Waals surface area contributed by atoms with E-state index < -0.39 is 10.0 Å². The zero-order chi connectivity index (χ0) is 15.6. The minimum absolute atomic E-state index is 0.352. The first-order valence-corrected chi connectivity index (χ1v) is 9.10. The van der Waals surface area contributed by atoms with Crippen molar-refractivity contribution in [3.05, 3.63) is 23.8 Å². The van der Waals surface area contributed by atoms with Gasteiger partial charge in [0.1, 0.15) is 5.75 Å². The Hall–Kier alpha value is -0.780. The smallest absolute Gasteiger partial charge is 0.243 e. The highest BCUT2D eigenvalue weighted by atomic mass is 35.5. The summed E-state index contributed by atoms with van der Waals surface area (Å²) in [4.78, 5) is 0.352. The Balaban J connectivity index is 2.40. The molecule has 1 aromatic rings. The minimum Gasteiger partial charge on any atom is -0.497 e. The van der Waals surface area contributed by atoms with Crippen LogP contribution in [0.25, 0.3) is 0 Å². The largest absolute Gasteiger partial charge is 0.497 e. The van der Waals surface area contributed by atoms with Gasteiger partial charge in [-0.05, 0) is 42.0 Å². The van der Waals surface area contributed by atoms with E-state index in [1.807, 2.05) is 0 Å². The van der Waals surface area contributed by atoms with Crippen LogP contribution in [0.3, 0.4) is 0 Å². The molecule has 2 unspecified atom stereocenters. The molecule has 0 saturated carbocycles. The number of aryl methyl sites for hydroxylation is 1. The fourth-order valence-electron chi connectivity index (χ4n) is 2.64. The van der Waals surface area contributed by atoms with Gasteiger partial charge in [-0.2, -0.15) is 4.31 Å². The van der Waals surface area contributed by atoms with Gasteiger partial charge >= 0.3 is 0 Å². The van der Waals surface area contributed by atoms with Crippen molar-refractivity contribution in [3.63, 3.8) is 0 Å². The highest BCUT2D eigenvalue weighted by molar-refractivity contribution is 7.89. The molecule has 0 aromatic heterocycles. The zero-order valence-electron chi connectivity index (χ0n) is 12.7. The molecule has 2 atom stereocenters. The predicted octanol–water partition coefficient (Wildman–Crippen LogP) is 2.75. The number of rotatable bonds is 5. The maximum atomic E-state index is 12.9. The first-order valence-electron chi connectivity index (χ1n) is 7.13. The summed E-state index contributed by atoms with van der Waals surface area (Å²) in [5.41, 5.74) is 0.719. The van der Waals surface area contributed by atoms with Gasteiger partial charge < -0.3 is 4.74 Å². The number of nitrogens with zero attached hydrogens (tertiary/aromatic N) is 1. The Kier molecular flexibility index (Phi) is 5.17. The normalized spacial score (nSPS) is 23.4. The van der Waals surface area contributed by atoms with Gasteiger partial charge in [-0.25, -0.2) is 8.42 Å². The second kappa shape index (κ2) is 6.55. The molecule has 118 valence electrons. The molecule has 1 aliphatic heterocycles. The van der Waals surface area contributed by atoms with Gasteiger partial charge in [0.25, 0.3) is 0 Å². The molecule has 1 aromatic carbocycles. The lowest BCUT2D eigenvalue weighted by Gasteiger charge is -2.19. The van der Waals surface area contributed by atoms with Gasteiger partial charge in [-0.15, -0.1) is 11.6 Å². The van der Waals surface area contributed by atoms with Crippen LogP contribution in [0, 0.1) is 11.8 Å². The predicted molar refractivity (Wildman–Crippen MR) is 84.5 cm³/mol. The van der Waals surface area contributed by atoms with E-state index in [1.54, 1.807) is 29.6 Å². The molecule has 0 spiro atoms. The number of hydrogen-bond donors (Lipinski definition) is 0. The third-order valence-electron chi connectivity index (χ3n) is 4.20. The molecular weight excluding hydrogens is 310 g/mol. The Morgan fingerprint density at radius 1 is 1.29 bits per heavy atom. The lowest BCUT2D eigenvalue weighted by atomic mass is 10.0. The highest BCUT2D eigenvalue weighted by Crippen LogP contribution is 2.31. The second-order valence-electron chi connectivity index (χ2n) is 5.69. The van der Waals surface area contributed by atoms with Gasteiger partial charge in [0.2, 0.25) is 10.0 Å². The Bertz CT molecular complexity index is 593. The van der Waals surface area contributed by atoms with E-state index in [1.165, 1.54) is 0 Å². The molecule has 0 bridgehead atoms. The summed E-state index contributed by atoms with van der Waals surface area (Å²) in [5.74, 6) is 1.80. The summed E-state index contributed by atoms with van der Waals surface area (Å²) in [6, 6.07) is 5.08. The topological polar surface area (TPSA) is 46.6 Å². The molecule has 0 radical (unpaired) electrons. The Morgan fingerprint density at radius 2 is 1.90 bits per heavy atom. The van der Waals surface area contributed by atoms with Crippen molar-refractivity contribution in [2.45, 2.75) is 25.2 Å². The molecule has 0 amide bonds. The van der Waals surface area contributed by atoms with E-state index >= 15 is 0 Å². The third-order valence-corrected chi connectivity index (χ3v) is 6.32. The van der Waals surface area contributed by atoms with Gasteiger partial charge in [0, 0.05) is 19.0 Å². The van der Waals surface area contributed by atoms with Gasteiger partial charge in [0.05, 0.1) is 12.0 Å². The first-order chi connectivity index (χ1) is 9.90. The lowest BCUT2D eigenvalue weighted by molar-refractivity contribution is 0.413. The first kappa shape index (κ1) is 16.6. The molecule has 6 heteroatoms. The summed E-state index contributed by atoms with van der Waals surface area (Å²) in [6.07, 6.45) is 0.506. The fourth-order valence-corrected chi connectivity index (χ4v) is 4.72. The molecule has 1 saturated heterocycles. The Labute approximate surface area is 132 Å². The van der Waals surface area contributed by atoms with Crippen LogP contribution >= 0.6 is 11.6 Å². The molecule has 1 fully saturated rings. The van der Waals surface area contributed by atoms with E-state index in [9.17, 15) is 8.42 Å². The quantitative estimate of drug-likeness (QED) is 0.779. The number of hydrogen-bond acceptors (Lipinski definition) is 3. The molecule has 21 heavy (non-hydrogen) atoms. The summed E-state index contributed by atoms with van der Waals surface area (Å²) >= 11 is 5.81. The zero-order valence-corrected chi connectivity index (χ0v) is 14.2. The van der Waals surface area contributed by atoms with Crippen molar-refractivity contribution in [2.24, 2.45) is 11.8 Å². The van der Waals surface area contributed by atoms with Crippen molar-refractivity contribution in [1.82, 2.24) is 4.31 Å². The average molecular weight is 332 g/mol. The van der Waals surface area contributed by atoms with Crippen molar-refractivity contribution in [3.8, 4) is 5.75 Å². The van der Waals surface area contributed by atoms with Crippen LogP contribution in [-0.4, -0.2) is 38.8 Å². The number of benzene rings is 1. The number of ether oxygens (including phenoxy) is 1. The molecule has 4 nitrogen and oxygen atoms in total. The van der Waals surface area contributed by atoms with E-state index in [4.69, 9.17) is 16.3 Å². The van der Waals surface area contributed by atoms with Crippen molar-refractivity contribution in [1.29, 1.82) is 0 Å². The van der Waals surface area contributed by atoms with Crippen molar-refractivity contribution < 1.29 is 13.2 Å². The van der Waals surface area contributed by atoms with Crippen LogP contribution < -0.4 is 4.74 Å². The van der Waals surface area contributed by atoms with Gasteiger partial charge in [-0.1, -0.05) is 13.8 Å². The molecule has 0 aliphatic carbocycles. The van der Waals surface area contributed by atoms with Crippen LogP contribution in [0.15, 0.2) is 23.1 Å². The molecular formula is C15H22ClNO3S. The van der Waals surface area contributed by atoms with Crippen LogP contribution in [-0.2, 0) is 16.4 Å². The van der Waals surface area contributed by atoms with E-state index in [0.717, 1.165) is 5.56 Å². The summed E-state index contributed by atoms with van der Waals surface area (Å²) in [7, 11) is -1.90. The summed E-state index contributed by atoms with van der Waals surface area (Å²) in [6.45, 7) is 5.34. The average Bonchev–Trinajstić information content (AvgIpc) is 2.79. The van der Waals surface area contributed by atoms with Crippen molar-refractivity contribution in [2.75, 3.05) is 26.1 Å². The monoisotopic (exact) mass is 331 g/mol. The standard InChI is InChI=1S/C15H22ClNO3S/c1-11-9-17(10-12(11)2)21(18,19)15-5-4-14(20-3)8-13(15)6-7-16/h4-5,8,11-12H,6-7,9-10H2,1-3H3. The maximum absolute atomic E-state index is 12.9. The Morgan fingerprint density at radius 3 is 2.43 bits per heavy atom. The van der Waals surface area contributed by atoms with E-state index in [0.29, 0.717) is 47.9 Å². The summed E-state index contributed by atoms with van der Waals surface area (Å²) < 4.78 is 32.5. The maximum Gasteiger partial charge on any atom is 0.243 e. The fraction of sp³-hybridized carbons (Fsp3) is 0.600. The summed E-state index contributed by atoms with van der Waals surface area (Å²) in [5, 5.41) is 0. The van der Waals surface area contributed by atoms with E-state index in [-0.39, 0.29) is 0 Å². The van der Waals surface area contributed by atoms with Crippen LogP contribution in [0.5, 0.6) is 5.75 Å². The van der Waals surface area contributed by atoms with Crippen LogP contribution in [0.1, 0.15) is 19.4 Å². The van der Waals surface area contributed by atoms with Crippen LogP contribution in [0.4, 0.5) is 0 Å². The molecule has 2 rings (SSSR count). The lowest BCUT2D eigenvalue weighted by Crippen LogP contribution is -2.30. The van der Waals surface area contributed by atoms with E-state index in [2.05, 4.69) is 13.8 Å². The number of halogens is 1.